The van der Waals surface area contributed by atoms with Crippen LogP contribution in [-0.4, -0.2) is 20.8 Å². The maximum atomic E-state index is 11.6. The van der Waals surface area contributed by atoms with Crippen molar-refractivity contribution in [1.29, 1.82) is 0 Å². The van der Waals surface area contributed by atoms with Crippen LogP contribution in [-0.2, 0) is 13.1 Å². The third-order valence-corrected chi connectivity index (χ3v) is 4.91. The highest BCUT2D eigenvalue weighted by molar-refractivity contribution is 7.99. The summed E-state index contributed by atoms with van der Waals surface area (Å²) in [5.74, 6) is 0. The van der Waals surface area contributed by atoms with E-state index >= 15 is 0 Å². The highest BCUT2D eigenvalue weighted by Gasteiger charge is 2.21. The van der Waals surface area contributed by atoms with E-state index < -0.39 is 0 Å². The molecule has 1 aliphatic rings. The van der Waals surface area contributed by atoms with Gasteiger partial charge in [0.15, 0.2) is 5.16 Å². The summed E-state index contributed by atoms with van der Waals surface area (Å²) in [7, 11) is 0. The summed E-state index contributed by atoms with van der Waals surface area (Å²) < 4.78 is 1.61. The standard InChI is InChI=1S/C14H17ClN4OS/c1-2-19-13(20)17-18-14(19)21-12-5-3-4-11(15)10(12)8-16-9-6-7-9/h3-5,9,16H,2,6-8H2,1H3,(H,17,20). The van der Waals surface area contributed by atoms with Crippen molar-refractivity contribution in [3.63, 3.8) is 0 Å². The number of hydrogen-bond acceptors (Lipinski definition) is 4. The normalized spacial score (nSPS) is 14.6. The molecule has 112 valence electrons. The number of H-pyrrole nitrogens is 1. The zero-order chi connectivity index (χ0) is 14.8. The van der Waals surface area contributed by atoms with Crippen LogP contribution in [0.5, 0.6) is 0 Å². The largest absolute Gasteiger partial charge is 0.343 e. The first-order valence-corrected chi connectivity index (χ1v) is 8.22. The number of aromatic nitrogens is 3. The minimum atomic E-state index is -0.181. The van der Waals surface area contributed by atoms with Crippen molar-refractivity contribution in [2.75, 3.05) is 0 Å². The number of benzene rings is 1. The van der Waals surface area contributed by atoms with Gasteiger partial charge in [-0.3, -0.25) is 4.57 Å². The molecule has 21 heavy (non-hydrogen) atoms. The van der Waals surface area contributed by atoms with Gasteiger partial charge in [-0.25, -0.2) is 9.89 Å². The lowest BCUT2D eigenvalue weighted by molar-refractivity contribution is 0.659. The monoisotopic (exact) mass is 324 g/mol. The van der Waals surface area contributed by atoms with Crippen molar-refractivity contribution in [2.45, 2.75) is 48.9 Å². The van der Waals surface area contributed by atoms with Crippen molar-refractivity contribution in [2.24, 2.45) is 0 Å². The van der Waals surface area contributed by atoms with Gasteiger partial charge in [0.1, 0.15) is 0 Å². The Morgan fingerprint density at radius 2 is 2.33 bits per heavy atom. The molecule has 7 heteroatoms. The fourth-order valence-corrected chi connectivity index (χ4v) is 3.46. The lowest BCUT2D eigenvalue weighted by Crippen LogP contribution is -2.17. The number of nitrogens with one attached hydrogen (secondary N) is 2. The van der Waals surface area contributed by atoms with Crippen LogP contribution in [0.15, 0.2) is 33.0 Å². The molecule has 0 unspecified atom stereocenters. The third-order valence-electron chi connectivity index (χ3n) is 3.46. The molecule has 0 spiro atoms. The van der Waals surface area contributed by atoms with Crippen molar-refractivity contribution >= 4 is 23.4 Å². The summed E-state index contributed by atoms with van der Waals surface area (Å²) in [4.78, 5) is 12.7. The smallest absolute Gasteiger partial charge is 0.310 e. The first-order chi connectivity index (χ1) is 10.2. The molecule has 1 heterocycles. The molecule has 0 bridgehead atoms. The number of halogens is 1. The van der Waals surface area contributed by atoms with E-state index in [1.807, 2.05) is 25.1 Å². The van der Waals surface area contributed by atoms with Crippen LogP contribution in [0.4, 0.5) is 0 Å². The molecule has 1 aromatic heterocycles. The van der Waals surface area contributed by atoms with Gasteiger partial charge in [-0.2, -0.15) is 0 Å². The first kappa shape index (κ1) is 14.7. The molecule has 1 fully saturated rings. The first-order valence-electron chi connectivity index (χ1n) is 7.03. The fraction of sp³-hybridized carbons (Fsp3) is 0.429. The summed E-state index contributed by atoms with van der Waals surface area (Å²) in [6, 6.07) is 6.46. The van der Waals surface area contributed by atoms with Crippen LogP contribution in [0.1, 0.15) is 25.3 Å². The fourth-order valence-electron chi connectivity index (χ4n) is 2.10. The number of aromatic amines is 1. The van der Waals surface area contributed by atoms with E-state index in [2.05, 4.69) is 15.5 Å². The average Bonchev–Trinajstić information content (AvgIpc) is 3.22. The van der Waals surface area contributed by atoms with Crippen LogP contribution in [0, 0.1) is 0 Å². The van der Waals surface area contributed by atoms with E-state index in [0.717, 1.165) is 22.0 Å². The van der Waals surface area contributed by atoms with Gasteiger partial charge in [-0.15, -0.1) is 5.10 Å². The lowest BCUT2D eigenvalue weighted by atomic mass is 10.2. The average molecular weight is 325 g/mol. The summed E-state index contributed by atoms with van der Waals surface area (Å²) in [6.07, 6.45) is 2.48. The molecule has 0 atom stereocenters. The molecule has 2 N–H and O–H groups in total. The van der Waals surface area contributed by atoms with Crippen LogP contribution in [0.25, 0.3) is 0 Å². The predicted molar refractivity (Wildman–Crippen MR) is 84.0 cm³/mol. The van der Waals surface area contributed by atoms with Crippen molar-refractivity contribution < 1.29 is 0 Å². The number of rotatable bonds is 6. The van der Waals surface area contributed by atoms with Gasteiger partial charge in [0.05, 0.1) is 0 Å². The van der Waals surface area contributed by atoms with Gasteiger partial charge in [-0.1, -0.05) is 17.7 Å². The van der Waals surface area contributed by atoms with Gasteiger partial charge in [0.25, 0.3) is 0 Å². The predicted octanol–water partition coefficient (Wildman–Crippen LogP) is 2.65. The van der Waals surface area contributed by atoms with E-state index in [-0.39, 0.29) is 5.69 Å². The van der Waals surface area contributed by atoms with Gasteiger partial charge in [0.2, 0.25) is 0 Å². The Kier molecular flexibility index (Phi) is 4.37. The zero-order valence-electron chi connectivity index (χ0n) is 11.7. The van der Waals surface area contributed by atoms with Gasteiger partial charge >= 0.3 is 5.69 Å². The SMILES string of the molecule is CCn1c(Sc2cccc(Cl)c2CNC2CC2)n[nH]c1=O. The van der Waals surface area contributed by atoms with Gasteiger partial charge in [0, 0.05) is 29.0 Å². The zero-order valence-corrected chi connectivity index (χ0v) is 13.3. The van der Waals surface area contributed by atoms with E-state index in [1.165, 1.54) is 24.6 Å². The topological polar surface area (TPSA) is 62.7 Å². The lowest BCUT2D eigenvalue weighted by Gasteiger charge is -2.11. The summed E-state index contributed by atoms with van der Waals surface area (Å²) in [6.45, 7) is 3.26. The second kappa shape index (κ2) is 6.25. The molecule has 0 amide bonds. The second-order valence-electron chi connectivity index (χ2n) is 5.03. The maximum Gasteiger partial charge on any atom is 0.343 e. The third kappa shape index (κ3) is 3.33. The molecule has 5 nitrogen and oxygen atoms in total. The molecule has 2 aromatic rings. The minimum Gasteiger partial charge on any atom is -0.310 e. The van der Waals surface area contributed by atoms with Crippen LogP contribution in [0.2, 0.25) is 5.02 Å². The second-order valence-corrected chi connectivity index (χ2v) is 6.45. The highest BCUT2D eigenvalue weighted by Crippen LogP contribution is 2.33. The Morgan fingerprint density at radius 3 is 3.05 bits per heavy atom. The van der Waals surface area contributed by atoms with Gasteiger partial charge < -0.3 is 5.32 Å². The van der Waals surface area contributed by atoms with Crippen LogP contribution >= 0.6 is 23.4 Å². The van der Waals surface area contributed by atoms with Crippen molar-refractivity contribution in [1.82, 2.24) is 20.1 Å². The van der Waals surface area contributed by atoms with E-state index in [9.17, 15) is 4.79 Å². The van der Waals surface area contributed by atoms with Crippen LogP contribution < -0.4 is 11.0 Å². The van der Waals surface area contributed by atoms with E-state index in [1.54, 1.807) is 4.57 Å². The van der Waals surface area contributed by atoms with E-state index in [0.29, 0.717) is 17.7 Å². The van der Waals surface area contributed by atoms with E-state index in [4.69, 9.17) is 11.6 Å². The molecule has 0 saturated heterocycles. The molecule has 1 aromatic carbocycles. The number of nitrogens with zero attached hydrogens (tertiary/aromatic N) is 2. The Balaban J connectivity index is 1.86. The Labute approximate surface area is 132 Å². The molecule has 0 radical (unpaired) electrons. The minimum absolute atomic E-state index is 0.181. The Morgan fingerprint density at radius 1 is 1.52 bits per heavy atom. The van der Waals surface area contributed by atoms with Crippen LogP contribution in [0.3, 0.4) is 0 Å². The highest BCUT2D eigenvalue weighted by atomic mass is 35.5. The molecular weight excluding hydrogens is 308 g/mol. The summed E-state index contributed by atoms with van der Waals surface area (Å²) in [5, 5.41) is 11.5. The molecule has 3 rings (SSSR count). The molecule has 0 aliphatic heterocycles. The molecule has 1 aliphatic carbocycles. The summed E-state index contributed by atoms with van der Waals surface area (Å²) in [5.41, 5.74) is 0.883. The van der Waals surface area contributed by atoms with Crippen molar-refractivity contribution in [3.8, 4) is 0 Å². The Bertz CT molecular complexity index is 693. The van der Waals surface area contributed by atoms with Gasteiger partial charge in [-0.05, 0) is 49.2 Å². The van der Waals surface area contributed by atoms with Crippen molar-refractivity contribution in [3.05, 3.63) is 39.3 Å². The molecule has 1 saturated carbocycles. The number of hydrogen-bond donors (Lipinski definition) is 2. The molecular formula is C14H17ClN4OS. The summed E-state index contributed by atoms with van der Waals surface area (Å²) >= 11 is 7.80. The maximum absolute atomic E-state index is 11.6. The Hall–Kier alpha value is -1.24. The quantitative estimate of drug-likeness (QED) is 0.857.